The molecule has 0 saturated heterocycles. The van der Waals surface area contributed by atoms with Crippen LogP contribution in [0.3, 0.4) is 0 Å². The number of nitrogens with zero attached hydrogens (tertiary/aromatic N) is 1. The fourth-order valence-corrected chi connectivity index (χ4v) is 1.37. The van der Waals surface area contributed by atoms with E-state index in [4.69, 9.17) is 5.26 Å². The van der Waals surface area contributed by atoms with Gasteiger partial charge in [0.05, 0.1) is 6.07 Å². The van der Waals surface area contributed by atoms with E-state index < -0.39 is 0 Å². The Morgan fingerprint density at radius 3 is 2.13 bits per heavy atom. The molecule has 0 rings (SSSR count). The highest BCUT2D eigenvalue weighted by Crippen LogP contribution is 2.21. The molecule has 0 radical (unpaired) electrons. The van der Waals surface area contributed by atoms with Crippen molar-refractivity contribution in [2.75, 3.05) is 13.1 Å². The van der Waals surface area contributed by atoms with Crippen molar-refractivity contribution in [3.8, 4) is 6.07 Å². The lowest BCUT2D eigenvalue weighted by molar-refractivity contribution is 0.299. The van der Waals surface area contributed by atoms with Crippen LogP contribution in [0.5, 0.6) is 0 Å². The minimum absolute atomic E-state index is 0.244. The smallest absolute Gasteiger partial charge is 0.0621 e. The van der Waals surface area contributed by atoms with Gasteiger partial charge in [-0.15, -0.1) is 0 Å². The summed E-state index contributed by atoms with van der Waals surface area (Å²) in [6, 6.07) is 2.21. The summed E-state index contributed by atoms with van der Waals surface area (Å²) in [5, 5.41) is 12.0. The second kappa shape index (κ2) is 6.12. The van der Waals surface area contributed by atoms with Gasteiger partial charge in [-0.25, -0.2) is 0 Å². The maximum absolute atomic E-state index is 8.54. The third kappa shape index (κ3) is 9.75. The number of hydrogen-bond donors (Lipinski definition) is 1. The standard InChI is InChI=1S/C13H26N2/c1-12(2,3)8-10-15-11-13(4,5)7-6-9-14/h15H,6-8,10-11H2,1-5H3. The molecule has 0 aromatic heterocycles. The van der Waals surface area contributed by atoms with E-state index in [0.29, 0.717) is 11.8 Å². The molecule has 0 spiro atoms. The van der Waals surface area contributed by atoms with Gasteiger partial charge in [-0.3, -0.25) is 0 Å². The zero-order valence-corrected chi connectivity index (χ0v) is 11.0. The highest BCUT2D eigenvalue weighted by molar-refractivity contribution is 4.79. The molecule has 0 heterocycles. The van der Waals surface area contributed by atoms with Crippen LogP contribution in [0, 0.1) is 22.2 Å². The van der Waals surface area contributed by atoms with Gasteiger partial charge in [-0.2, -0.15) is 5.26 Å². The fraction of sp³-hybridized carbons (Fsp3) is 0.923. The predicted molar refractivity (Wildman–Crippen MR) is 65.6 cm³/mol. The third-order valence-electron chi connectivity index (χ3n) is 2.57. The highest BCUT2D eigenvalue weighted by atomic mass is 14.9. The Balaban J connectivity index is 3.62. The van der Waals surface area contributed by atoms with Gasteiger partial charge in [0, 0.05) is 13.0 Å². The van der Waals surface area contributed by atoms with Crippen LogP contribution < -0.4 is 5.32 Å². The van der Waals surface area contributed by atoms with Crippen LogP contribution in [-0.4, -0.2) is 13.1 Å². The van der Waals surface area contributed by atoms with Crippen LogP contribution in [-0.2, 0) is 0 Å². The van der Waals surface area contributed by atoms with Crippen molar-refractivity contribution in [1.29, 1.82) is 5.26 Å². The molecule has 2 nitrogen and oxygen atoms in total. The van der Waals surface area contributed by atoms with Gasteiger partial charge in [0.15, 0.2) is 0 Å². The molecule has 0 amide bonds. The van der Waals surface area contributed by atoms with Crippen LogP contribution >= 0.6 is 0 Å². The van der Waals surface area contributed by atoms with Crippen molar-refractivity contribution in [3.63, 3.8) is 0 Å². The van der Waals surface area contributed by atoms with Gasteiger partial charge in [0.25, 0.3) is 0 Å². The van der Waals surface area contributed by atoms with E-state index in [1.165, 1.54) is 6.42 Å². The summed E-state index contributed by atoms with van der Waals surface area (Å²) >= 11 is 0. The van der Waals surface area contributed by atoms with Crippen molar-refractivity contribution in [2.24, 2.45) is 10.8 Å². The lowest BCUT2D eigenvalue weighted by Crippen LogP contribution is -2.31. The minimum Gasteiger partial charge on any atom is -0.316 e. The van der Waals surface area contributed by atoms with Crippen molar-refractivity contribution < 1.29 is 0 Å². The van der Waals surface area contributed by atoms with E-state index in [-0.39, 0.29) is 5.41 Å². The van der Waals surface area contributed by atoms with Crippen LogP contribution in [0.1, 0.15) is 53.9 Å². The quantitative estimate of drug-likeness (QED) is 0.682. The zero-order valence-electron chi connectivity index (χ0n) is 11.0. The maximum Gasteiger partial charge on any atom is 0.0621 e. The Kier molecular flexibility index (Phi) is 5.90. The lowest BCUT2D eigenvalue weighted by Gasteiger charge is -2.25. The summed E-state index contributed by atoms with van der Waals surface area (Å²) in [6.07, 6.45) is 2.83. The van der Waals surface area contributed by atoms with E-state index >= 15 is 0 Å². The van der Waals surface area contributed by atoms with E-state index in [1.807, 2.05) is 0 Å². The van der Waals surface area contributed by atoms with Gasteiger partial charge in [-0.1, -0.05) is 34.6 Å². The first-order chi connectivity index (χ1) is 6.77. The van der Waals surface area contributed by atoms with E-state index in [2.05, 4.69) is 46.0 Å². The fourth-order valence-electron chi connectivity index (χ4n) is 1.37. The second-order valence-corrected chi connectivity index (χ2v) is 6.31. The van der Waals surface area contributed by atoms with Gasteiger partial charge >= 0.3 is 0 Å². The molecule has 0 bridgehead atoms. The van der Waals surface area contributed by atoms with Gasteiger partial charge < -0.3 is 5.32 Å². The normalized spacial score (nSPS) is 12.5. The predicted octanol–water partition coefficient (Wildman–Crippen LogP) is 3.34. The lowest BCUT2D eigenvalue weighted by atomic mass is 9.87. The molecular formula is C13H26N2. The Morgan fingerprint density at radius 2 is 1.67 bits per heavy atom. The topological polar surface area (TPSA) is 35.8 Å². The van der Waals surface area contributed by atoms with Gasteiger partial charge in [-0.05, 0) is 30.2 Å². The Morgan fingerprint density at radius 1 is 1.07 bits per heavy atom. The molecule has 0 saturated carbocycles. The van der Waals surface area contributed by atoms with Crippen LogP contribution in [0.15, 0.2) is 0 Å². The Bertz CT molecular complexity index is 206. The average Bonchev–Trinajstić information content (AvgIpc) is 2.08. The van der Waals surface area contributed by atoms with Crippen LogP contribution in [0.4, 0.5) is 0 Å². The van der Waals surface area contributed by atoms with Gasteiger partial charge in [0.2, 0.25) is 0 Å². The molecule has 0 fully saturated rings. The average molecular weight is 210 g/mol. The highest BCUT2D eigenvalue weighted by Gasteiger charge is 2.17. The van der Waals surface area contributed by atoms with Crippen LogP contribution in [0.2, 0.25) is 0 Å². The van der Waals surface area contributed by atoms with Crippen LogP contribution in [0.25, 0.3) is 0 Å². The molecule has 0 atom stereocenters. The first kappa shape index (κ1) is 14.5. The molecule has 0 aliphatic carbocycles. The molecule has 0 unspecified atom stereocenters. The number of rotatable bonds is 6. The van der Waals surface area contributed by atoms with Gasteiger partial charge in [0.1, 0.15) is 0 Å². The van der Waals surface area contributed by atoms with Crippen molar-refractivity contribution in [3.05, 3.63) is 0 Å². The molecule has 15 heavy (non-hydrogen) atoms. The maximum atomic E-state index is 8.54. The summed E-state index contributed by atoms with van der Waals surface area (Å²) in [7, 11) is 0. The summed E-state index contributed by atoms with van der Waals surface area (Å²) in [4.78, 5) is 0. The van der Waals surface area contributed by atoms with E-state index in [1.54, 1.807) is 0 Å². The number of nitrogens with one attached hydrogen (secondary N) is 1. The largest absolute Gasteiger partial charge is 0.316 e. The molecule has 1 N–H and O–H groups in total. The third-order valence-corrected chi connectivity index (χ3v) is 2.57. The number of nitriles is 1. The summed E-state index contributed by atoms with van der Waals surface area (Å²) in [5.41, 5.74) is 0.650. The van der Waals surface area contributed by atoms with Crippen molar-refractivity contribution >= 4 is 0 Å². The second-order valence-electron chi connectivity index (χ2n) is 6.31. The first-order valence-corrected chi connectivity index (χ1v) is 5.84. The summed E-state index contributed by atoms with van der Waals surface area (Å²) in [5.74, 6) is 0. The molecule has 88 valence electrons. The molecule has 0 aromatic carbocycles. The van der Waals surface area contributed by atoms with E-state index in [9.17, 15) is 0 Å². The summed E-state index contributed by atoms with van der Waals surface area (Å²) < 4.78 is 0. The molecule has 0 aromatic rings. The first-order valence-electron chi connectivity index (χ1n) is 5.84. The zero-order chi connectivity index (χ0) is 11.9. The minimum atomic E-state index is 0.244. The Hall–Kier alpha value is -0.550. The Labute approximate surface area is 95.1 Å². The SMILES string of the molecule is CC(C)(C)CCNCC(C)(C)CCC#N. The summed E-state index contributed by atoms with van der Waals surface area (Å²) in [6.45, 7) is 13.3. The van der Waals surface area contributed by atoms with Crippen molar-refractivity contribution in [2.45, 2.75) is 53.9 Å². The molecule has 2 heteroatoms. The molecule has 0 aliphatic rings. The van der Waals surface area contributed by atoms with Crippen molar-refractivity contribution in [1.82, 2.24) is 5.32 Å². The molecular weight excluding hydrogens is 184 g/mol. The number of hydrogen-bond acceptors (Lipinski definition) is 2. The monoisotopic (exact) mass is 210 g/mol. The van der Waals surface area contributed by atoms with E-state index in [0.717, 1.165) is 19.5 Å². The molecule has 0 aliphatic heterocycles.